The van der Waals surface area contributed by atoms with Crippen molar-refractivity contribution in [3.05, 3.63) is 30.3 Å². The fourth-order valence-corrected chi connectivity index (χ4v) is 0.973. The molecule has 1 aromatic carbocycles. The van der Waals surface area contributed by atoms with Gasteiger partial charge in [-0.3, -0.25) is 0 Å². The Labute approximate surface area is 65.2 Å². The van der Waals surface area contributed by atoms with E-state index in [-0.39, 0.29) is 0 Å². The first-order chi connectivity index (χ1) is 4.43. The number of hydrogen-bond acceptors (Lipinski definition) is 2. The van der Waals surface area contributed by atoms with Crippen molar-refractivity contribution in [3.8, 4) is 5.75 Å². The van der Waals surface area contributed by atoms with E-state index in [1.165, 1.54) is 0 Å². The third-order valence-corrected chi connectivity index (χ3v) is 1.50. The predicted octanol–water partition coefficient (Wildman–Crippen LogP) is 1.41. The van der Waals surface area contributed by atoms with Crippen LogP contribution in [0, 0.1) is 0 Å². The van der Waals surface area contributed by atoms with Gasteiger partial charge < -0.3 is 0 Å². The molecule has 44 valence electrons. The minimum absolute atomic E-state index is 0.701. The van der Waals surface area contributed by atoms with E-state index in [2.05, 4.69) is 0 Å². The molecule has 0 spiro atoms. The quantitative estimate of drug-likeness (QED) is 0.643. The van der Waals surface area contributed by atoms with E-state index in [1.807, 2.05) is 18.2 Å². The molecule has 3 heteroatoms. The van der Waals surface area contributed by atoms with E-state index in [0.717, 1.165) is 0 Å². The molecule has 0 N–H and O–H groups in total. The molecule has 0 aromatic heterocycles. The Bertz CT molecular complexity index is 186. The van der Waals surface area contributed by atoms with E-state index in [4.69, 9.17) is 2.85 Å². The summed E-state index contributed by atoms with van der Waals surface area (Å²) in [6.45, 7) is 0. The van der Waals surface area contributed by atoms with Gasteiger partial charge in [0.05, 0.1) is 0 Å². The van der Waals surface area contributed by atoms with Crippen LogP contribution < -0.4 is 2.85 Å². The van der Waals surface area contributed by atoms with Crippen LogP contribution in [0.3, 0.4) is 0 Å². The summed E-state index contributed by atoms with van der Waals surface area (Å²) in [5.74, 6) is 0.701. The third kappa shape index (κ3) is 2.18. The van der Waals surface area contributed by atoms with Crippen LogP contribution in [0.1, 0.15) is 0 Å². The molecular weight excluding hydrogens is 149 g/mol. The van der Waals surface area contributed by atoms with Crippen LogP contribution in [-0.2, 0) is 26.2 Å². The number of para-hydroxylation sites is 1. The summed E-state index contributed by atoms with van der Waals surface area (Å²) in [5.41, 5.74) is 0. The van der Waals surface area contributed by atoms with Crippen molar-refractivity contribution in [2.75, 3.05) is 0 Å². The number of benzene rings is 1. The monoisotopic (exact) mass is 154 g/mol. The minimum atomic E-state index is -1.66. The molecule has 0 saturated heterocycles. The summed E-state index contributed by atoms with van der Waals surface area (Å²) < 4.78 is 14.8. The topological polar surface area (TPSA) is 26.3 Å². The van der Waals surface area contributed by atoms with Gasteiger partial charge in [-0.15, -0.1) is 0 Å². The molecule has 0 aliphatic carbocycles. The number of hydrogen-bond donors (Lipinski definition) is 0. The van der Waals surface area contributed by atoms with Gasteiger partial charge in [-0.05, 0) is 0 Å². The predicted molar refractivity (Wildman–Crippen MR) is 27.8 cm³/mol. The summed E-state index contributed by atoms with van der Waals surface area (Å²) in [6.07, 6.45) is 0. The fraction of sp³-hybridized carbons (Fsp3) is 0. The van der Waals surface area contributed by atoms with Gasteiger partial charge in [0, 0.05) is 0 Å². The zero-order valence-corrected chi connectivity index (χ0v) is 6.58. The molecule has 0 saturated carbocycles. The molecule has 9 heavy (non-hydrogen) atoms. The second-order valence-corrected chi connectivity index (χ2v) is 2.20. The van der Waals surface area contributed by atoms with Gasteiger partial charge in [0.25, 0.3) is 0 Å². The van der Waals surface area contributed by atoms with Crippen molar-refractivity contribution in [3.63, 3.8) is 0 Å². The van der Waals surface area contributed by atoms with Crippen LogP contribution in [0.25, 0.3) is 0 Å². The molecule has 1 aromatic rings. The van der Waals surface area contributed by atoms with Crippen molar-refractivity contribution in [1.29, 1.82) is 0 Å². The van der Waals surface area contributed by atoms with Crippen molar-refractivity contribution in [1.82, 2.24) is 0 Å². The summed E-state index contributed by atoms with van der Waals surface area (Å²) in [4.78, 5) is 0. The Morgan fingerprint density at radius 3 is 2.44 bits per heavy atom. The summed E-state index contributed by atoms with van der Waals surface area (Å²) >= 11 is -1.66. The van der Waals surface area contributed by atoms with Crippen LogP contribution >= 0.6 is 0 Å². The standard InChI is InChI=1S/C6H6O.O.Sc/c7-6-4-2-1-3-5-6;;/h1-5,7H;;/q;;+1/p-1. The van der Waals surface area contributed by atoms with Crippen molar-refractivity contribution in [2.24, 2.45) is 0 Å². The Morgan fingerprint density at radius 1 is 1.22 bits per heavy atom. The maximum absolute atomic E-state index is 10.0. The van der Waals surface area contributed by atoms with Crippen LogP contribution in [0.2, 0.25) is 0 Å². The van der Waals surface area contributed by atoms with E-state index in [9.17, 15) is 2.85 Å². The third-order valence-electron chi connectivity index (χ3n) is 0.927. The summed E-state index contributed by atoms with van der Waals surface area (Å²) in [6, 6.07) is 9.16. The van der Waals surface area contributed by atoms with E-state index < -0.39 is 23.3 Å². The second-order valence-electron chi connectivity index (χ2n) is 1.53. The van der Waals surface area contributed by atoms with Crippen LogP contribution in [0.5, 0.6) is 5.75 Å². The molecule has 0 atom stereocenters. The molecule has 0 fully saturated rings. The molecule has 0 aliphatic heterocycles. The average molecular weight is 154 g/mol. The van der Waals surface area contributed by atoms with Gasteiger partial charge in [-0.1, -0.05) is 0 Å². The Hall–Kier alpha value is -0.310. The number of rotatable bonds is 2. The normalized spacial score (nSPS) is 8.00. The molecular formula is C6H5O2Sc. The zero-order valence-electron chi connectivity index (χ0n) is 4.78. The van der Waals surface area contributed by atoms with Crippen LogP contribution in [0.15, 0.2) is 30.3 Å². The van der Waals surface area contributed by atoms with Gasteiger partial charge in [0.2, 0.25) is 0 Å². The van der Waals surface area contributed by atoms with Gasteiger partial charge >= 0.3 is 65.1 Å². The first-order valence-corrected chi connectivity index (χ1v) is 4.06. The first-order valence-electron chi connectivity index (χ1n) is 2.59. The Kier molecular flexibility index (Phi) is 2.77. The van der Waals surface area contributed by atoms with Crippen molar-refractivity contribution in [2.45, 2.75) is 0 Å². The van der Waals surface area contributed by atoms with Crippen molar-refractivity contribution >= 4 is 0 Å². The van der Waals surface area contributed by atoms with Crippen molar-refractivity contribution < 1.29 is 29.1 Å². The summed E-state index contributed by atoms with van der Waals surface area (Å²) in [5, 5.41) is 0. The molecule has 0 bridgehead atoms. The molecule has 0 radical (unpaired) electrons. The molecule has 0 unspecified atom stereocenters. The average Bonchev–Trinajstić information content (AvgIpc) is 1.91. The Balaban J connectivity index is 2.72. The summed E-state index contributed by atoms with van der Waals surface area (Å²) in [7, 11) is 0. The SMILES string of the molecule is [O]=[Sc][O]c1ccccc1. The van der Waals surface area contributed by atoms with E-state index >= 15 is 0 Å². The zero-order chi connectivity index (χ0) is 6.53. The van der Waals surface area contributed by atoms with Gasteiger partial charge in [0.1, 0.15) is 0 Å². The Morgan fingerprint density at radius 2 is 1.89 bits per heavy atom. The molecule has 0 amide bonds. The van der Waals surface area contributed by atoms with Crippen LogP contribution in [-0.4, -0.2) is 0 Å². The molecule has 2 nitrogen and oxygen atoms in total. The second kappa shape index (κ2) is 3.67. The van der Waals surface area contributed by atoms with Gasteiger partial charge in [-0.2, -0.15) is 0 Å². The van der Waals surface area contributed by atoms with Gasteiger partial charge in [0.15, 0.2) is 0 Å². The van der Waals surface area contributed by atoms with E-state index in [1.54, 1.807) is 12.1 Å². The molecule has 1 rings (SSSR count). The van der Waals surface area contributed by atoms with E-state index in [0.29, 0.717) is 5.75 Å². The molecule has 0 aliphatic rings. The first kappa shape index (κ1) is 6.81. The maximum atomic E-state index is 10.0. The van der Waals surface area contributed by atoms with Crippen LogP contribution in [0.4, 0.5) is 0 Å². The fourth-order valence-electron chi connectivity index (χ4n) is 0.555. The van der Waals surface area contributed by atoms with Gasteiger partial charge in [-0.25, -0.2) is 0 Å². The molecule has 0 heterocycles.